The molecule has 0 radical (unpaired) electrons. The SMILES string of the molecule is Cc1nc(OC(=O)O)c(-c2cccc(C(F)(F)F)c2)o1. The van der Waals surface area contributed by atoms with Crippen molar-refractivity contribution in [3.63, 3.8) is 0 Å². The first kappa shape index (κ1) is 13.9. The standard InChI is InChI=1S/C12H8F3NO4/c1-6-16-10(20-11(17)18)9(19-6)7-3-2-4-8(5-7)12(13,14)15/h2-5H,1H3,(H,17,18). The van der Waals surface area contributed by atoms with Gasteiger partial charge in [0.25, 0.3) is 5.88 Å². The highest BCUT2D eigenvalue weighted by molar-refractivity contribution is 5.68. The monoisotopic (exact) mass is 287 g/mol. The van der Waals surface area contributed by atoms with E-state index in [9.17, 15) is 18.0 Å². The summed E-state index contributed by atoms with van der Waals surface area (Å²) in [6.07, 6.45) is -6.15. The maximum absolute atomic E-state index is 12.6. The van der Waals surface area contributed by atoms with Crippen LogP contribution in [0.15, 0.2) is 28.7 Å². The Morgan fingerprint density at radius 1 is 1.40 bits per heavy atom. The molecule has 1 aromatic carbocycles. The molecule has 0 aliphatic heterocycles. The van der Waals surface area contributed by atoms with Crippen molar-refractivity contribution in [3.8, 4) is 17.2 Å². The lowest BCUT2D eigenvalue weighted by molar-refractivity contribution is -0.137. The van der Waals surface area contributed by atoms with E-state index in [-0.39, 0.29) is 17.2 Å². The van der Waals surface area contributed by atoms with Crippen LogP contribution in [0.4, 0.5) is 18.0 Å². The Balaban J connectivity index is 2.49. The lowest BCUT2D eigenvalue weighted by Crippen LogP contribution is -2.05. The van der Waals surface area contributed by atoms with Gasteiger partial charge in [-0.15, -0.1) is 0 Å². The molecule has 0 bridgehead atoms. The maximum Gasteiger partial charge on any atom is 0.512 e. The van der Waals surface area contributed by atoms with E-state index in [1.54, 1.807) is 0 Å². The van der Waals surface area contributed by atoms with Gasteiger partial charge in [-0.25, -0.2) is 4.79 Å². The molecule has 0 amide bonds. The first-order valence-electron chi connectivity index (χ1n) is 5.33. The molecule has 0 saturated carbocycles. The third-order valence-corrected chi connectivity index (χ3v) is 2.34. The molecule has 8 heteroatoms. The zero-order chi connectivity index (χ0) is 14.9. The molecule has 1 aromatic heterocycles. The molecule has 0 spiro atoms. The van der Waals surface area contributed by atoms with Gasteiger partial charge in [0.15, 0.2) is 11.7 Å². The topological polar surface area (TPSA) is 72.6 Å². The van der Waals surface area contributed by atoms with Crippen molar-refractivity contribution in [2.45, 2.75) is 13.1 Å². The van der Waals surface area contributed by atoms with Gasteiger partial charge in [0.05, 0.1) is 5.56 Å². The number of nitrogens with zero attached hydrogens (tertiary/aromatic N) is 1. The summed E-state index contributed by atoms with van der Waals surface area (Å²) in [5.41, 5.74) is -0.859. The number of benzene rings is 1. The molecule has 0 aliphatic rings. The van der Waals surface area contributed by atoms with Crippen molar-refractivity contribution in [3.05, 3.63) is 35.7 Å². The fourth-order valence-corrected chi connectivity index (χ4v) is 1.58. The summed E-state index contributed by atoms with van der Waals surface area (Å²) < 4.78 is 47.4. The van der Waals surface area contributed by atoms with Gasteiger partial charge in [0, 0.05) is 12.5 Å². The summed E-state index contributed by atoms with van der Waals surface area (Å²) >= 11 is 0. The van der Waals surface area contributed by atoms with Crippen molar-refractivity contribution in [2.24, 2.45) is 0 Å². The Kier molecular flexibility index (Phi) is 3.39. The van der Waals surface area contributed by atoms with E-state index in [1.165, 1.54) is 19.1 Å². The number of hydrogen-bond acceptors (Lipinski definition) is 4. The van der Waals surface area contributed by atoms with Crippen LogP contribution in [0.2, 0.25) is 0 Å². The number of aromatic nitrogens is 1. The molecule has 1 N–H and O–H groups in total. The van der Waals surface area contributed by atoms with Gasteiger partial charge in [0.1, 0.15) is 0 Å². The minimum absolute atomic E-state index is 0.0247. The average molecular weight is 287 g/mol. The lowest BCUT2D eigenvalue weighted by Gasteiger charge is -2.07. The van der Waals surface area contributed by atoms with Crippen LogP contribution in [0.25, 0.3) is 11.3 Å². The minimum atomic E-state index is -4.51. The largest absolute Gasteiger partial charge is 0.512 e. The number of carboxylic acid groups (broad SMARTS) is 1. The summed E-state index contributed by atoms with van der Waals surface area (Å²) in [7, 11) is 0. The normalized spacial score (nSPS) is 11.4. The van der Waals surface area contributed by atoms with Crippen molar-refractivity contribution in [1.82, 2.24) is 4.98 Å². The molecular formula is C12H8F3NO4. The fourth-order valence-electron chi connectivity index (χ4n) is 1.58. The predicted molar refractivity (Wildman–Crippen MR) is 60.3 cm³/mol. The van der Waals surface area contributed by atoms with E-state index in [4.69, 9.17) is 9.52 Å². The second kappa shape index (κ2) is 4.87. The van der Waals surface area contributed by atoms with Crippen LogP contribution >= 0.6 is 0 Å². The Bertz CT molecular complexity index is 648. The second-order valence-electron chi connectivity index (χ2n) is 3.81. The number of carbonyl (C=O) groups is 1. The first-order valence-corrected chi connectivity index (χ1v) is 5.33. The number of halogens is 3. The van der Waals surface area contributed by atoms with E-state index in [2.05, 4.69) is 9.72 Å². The molecular weight excluding hydrogens is 279 g/mol. The summed E-state index contributed by atoms with van der Waals surface area (Å²) in [5.74, 6) is -0.487. The Labute approximate surface area is 110 Å². The number of hydrogen-bond donors (Lipinski definition) is 1. The van der Waals surface area contributed by atoms with Crippen molar-refractivity contribution < 1.29 is 32.2 Å². The van der Waals surface area contributed by atoms with Crippen molar-refractivity contribution >= 4 is 6.16 Å². The molecule has 0 saturated heterocycles. The van der Waals surface area contributed by atoms with Crippen LogP contribution in [-0.2, 0) is 6.18 Å². The Hall–Kier alpha value is -2.51. The number of ether oxygens (including phenoxy) is 1. The zero-order valence-electron chi connectivity index (χ0n) is 10.1. The van der Waals surface area contributed by atoms with Gasteiger partial charge in [0.2, 0.25) is 0 Å². The van der Waals surface area contributed by atoms with E-state index in [1.807, 2.05) is 0 Å². The molecule has 0 atom stereocenters. The molecule has 0 fully saturated rings. The van der Waals surface area contributed by atoms with E-state index >= 15 is 0 Å². The zero-order valence-corrected chi connectivity index (χ0v) is 10.1. The number of rotatable bonds is 2. The second-order valence-corrected chi connectivity index (χ2v) is 3.81. The molecule has 106 valence electrons. The molecule has 1 heterocycles. The summed E-state index contributed by atoms with van der Waals surface area (Å²) in [5, 5.41) is 8.55. The predicted octanol–water partition coefficient (Wildman–Crippen LogP) is 3.73. The first-order chi connectivity index (χ1) is 9.27. The van der Waals surface area contributed by atoms with Crippen molar-refractivity contribution in [2.75, 3.05) is 0 Å². The molecule has 0 aliphatic carbocycles. The molecule has 2 aromatic rings. The summed E-state index contributed by atoms with van der Waals surface area (Å²) in [4.78, 5) is 14.2. The van der Waals surface area contributed by atoms with E-state index in [0.717, 1.165) is 12.1 Å². The van der Waals surface area contributed by atoms with Gasteiger partial charge in [-0.05, 0) is 12.1 Å². The third-order valence-electron chi connectivity index (χ3n) is 2.34. The van der Waals surface area contributed by atoms with Crippen LogP contribution in [0.1, 0.15) is 11.5 Å². The number of oxazole rings is 1. The molecule has 0 unspecified atom stereocenters. The minimum Gasteiger partial charge on any atom is -0.449 e. The molecule has 2 rings (SSSR count). The highest BCUT2D eigenvalue weighted by Gasteiger charge is 2.31. The summed E-state index contributed by atoms with van der Waals surface area (Å²) in [6, 6.07) is 4.24. The van der Waals surface area contributed by atoms with Crippen LogP contribution in [0, 0.1) is 6.92 Å². The van der Waals surface area contributed by atoms with Gasteiger partial charge in [-0.2, -0.15) is 18.2 Å². The van der Waals surface area contributed by atoms with E-state index < -0.39 is 23.8 Å². The number of alkyl halides is 3. The van der Waals surface area contributed by atoms with Crippen LogP contribution < -0.4 is 4.74 Å². The van der Waals surface area contributed by atoms with Gasteiger partial charge >= 0.3 is 12.3 Å². The maximum atomic E-state index is 12.6. The average Bonchev–Trinajstić information content (AvgIpc) is 2.68. The fraction of sp³-hybridized carbons (Fsp3) is 0.167. The van der Waals surface area contributed by atoms with Gasteiger partial charge in [-0.1, -0.05) is 12.1 Å². The molecule has 5 nitrogen and oxygen atoms in total. The van der Waals surface area contributed by atoms with Crippen molar-refractivity contribution in [1.29, 1.82) is 0 Å². The van der Waals surface area contributed by atoms with Crippen LogP contribution in [0.3, 0.4) is 0 Å². The van der Waals surface area contributed by atoms with Gasteiger partial charge in [-0.3, -0.25) is 0 Å². The lowest BCUT2D eigenvalue weighted by atomic mass is 10.1. The smallest absolute Gasteiger partial charge is 0.449 e. The quantitative estimate of drug-likeness (QED) is 0.852. The number of aryl methyl sites for hydroxylation is 1. The van der Waals surface area contributed by atoms with Crippen LogP contribution in [0.5, 0.6) is 5.88 Å². The van der Waals surface area contributed by atoms with Gasteiger partial charge < -0.3 is 14.3 Å². The van der Waals surface area contributed by atoms with E-state index in [0.29, 0.717) is 0 Å². The third kappa shape index (κ3) is 2.90. The Morgan fingerprint density at radius 3 is 2.70 bits per heavy atom. The highest BCUT2D eigenvalue weighted by atomic mass is 19.4. The highest BCUT2D eigenvalue weighted by Crippen LogP contribution is 2.35. The van der Waals surface area contributed by atoms with Crippen LogP contribution in [-0.4, -0.2) is 16.2 Å². The Morgan fingerprint density at radius 2 is 2.10 bits per heavy atom. The summed E-state index contributed by atoms with van der Waals surface area (Å²) in [6.45, 7) is 1.42. The molecule has 20 heavy (non-hydrogen) atoms.